The Bertz CT molecular complexity index is 289. The van der Waals surface area contributed by atoms with Crippen LogP contribution in [0, 0.1) is 12.8 Å². The fourth-order valence-corrected chi connectivity index (χ4v) is 1.54. The molecule has 0 heterocycles. The lowest BCUT2D eigenvalue weighted by Gasteiger charge is -2.08. The number of ether oxygens (including phenoxy) is 1. The van der Waals surface area contributed by atoms with Gasteiger partial charge in [-0.2, -0.15) is 0 Å². The molecule has 0 fully saturated rings. The zero-order valence-electron chi connectivity index (χ0n) is 9.63. The standard InChI is InChI=1S/C13H20O/c1-10(2)5-6-12-7-11(3)8-13(9-12)14-4/h7-10H,5-6H2,1-4H3. The van der Waals surface area contributed by atoms with Crippen LogP contribution in [0.3, 0.4) is 0 Å². The summed E-state index contributed by atoms with van der Waals surface area (Å²) in [6, 6.07) is 6.44. The number of methoxy groups -OCH3 is 1. The number of aryl methyl sites for hydroxylation is 2. The van der Waals surface area contributed by atoms with Gasteiger partial charge in [0.25, 0.3) is 0 Å². The predicted octanol–water partition coefficient (Wildman–Crippen LogP) is 3.59. The zero-order valence-corrected chi connectivity index (χ0v) is 9.63. The van der Waals surface area contributed by atoms with Crippen molar-refractivity contribution in [2.45, 2.75) is 33.6 Å². The molecule has 78 valence electrons. The van der Waals surface area contributed by atoms with E-state index >= 15 is 0 Å². The van der Waals surface area contributed by atoms with Gasteiger partial charge in [-0.15, -0.1) is 0 Å². The average Bonchev–Trinajstić information content (AvgIpc) is 2.14. The first-order valence-corrected chi connectivity index (χ1v) is 5.26. The molecule has 0 aliphatic rings. The molecule has 0 aromatic heterocycles. The Morgan fingerprint density at radius 1 is 1.21 bits per heavy atom. The molecule has 1 nitrogen and oxygen atoms in total. The van der Waals surface area contributed by atoms with Crippen molar-refractivity contribution >= 4 is 0 Å². The molecule has 1 heteroatoms. The maximum absolute atomic E-state index is 5.24. The number of benzene rings is 1. The summed E-state index contributed by atoms with van der Waals surface area (Å²) in [6.07, 6.45) is 2.39. The molecule has 0 saturated heterocycles. The van der Waals surface area contributed by atoms with Crippen molar-refractivity contribution in [3.8, 4) is 5.75 Å². The average molecular weight is 192 g/mol. The minimum Gasteiger partial charge on any atom is -0.497 e. The Labute approximate surface area is 87.1 Å². The van der Waals surface area contributed by atoms with Gasteiger partial charge in [-0.05, 0) is 48.9 Å². The van der Waals surface area contributed by atoms with Gasteiger partial charge in [-0.25, -0.2) is 0 Å². The second kappa shape index (κ2) is 5.04. The maximum atomic E-state index is 5.24. The van der Waals surface area contributed by atoms with Crippen molar-refractivity contribution in [1.29, 1.82) is 0 Å². The van der Waals surface area contributed by atoms with Crippen LogP contribution in [0.4, 0.5) is 0 Å². The second-order valence-electron chi connectivity index (χ2n) is 4.29. The van der Waals surface area contributed by atoms with Gasteiger partial charge in [0.05, 0.1) is 7.11 Å². The van der Waals surface area contributed by atoms with E-state index in [2.05, 4.69) is 39.0 Å². The maximum Gasteiger partial charge on any atom is 0.119 e. The summed E-state index contributed by atoms with van der Waals surface area (Å²) in [4.78, 5) is 0. The molecule has 1 aromatic rings. The van der Waals surface area contributed by atoms with E-state index in [-0.39, 0.29) is 0 Å². The van der Waals surface area contributed by atoms with Gasteiger partial charge in [0.2, 0.25) is 0 Å². The molecule has 14 heavy (non-hydrogen) atoms. The zero-order chi connectivity index (χ0) is 10.6. The molecule has 1 rings (SSSR count). The normalized spacial score (nSPS) is 10.6. The summed E-state index contributed by atoms with van der Waals surface area (Å²) >= 11 is 0. The summed E-state index contributed by atoms with van der Waals surface area (Å²) in [5.41, 5.74) is 2.67. The van der Waals surface area contributed by atoms with Gasteiger partial charge in [-0.3, -0.25) is 0 Å². The summed E-state index contributed by atoms with van der Waals surface area (Å²) in [5.74, 6) is 1.74. The van der Waals surface area contributed by atoms with Crippen LogP contribution in [0.2, 0.25) is 0 Å². The third-order valence-corrected chi connectivity index (χ3v) is 2.36. The van der Waals surface area contributed by atoms with Crippen LogP contribution in [0.1, 0.15) is 31.4 Å². The molecule has 0 bridgehead atoms. The molecule has 0 saturated carbocycles. The van der Waals surface area contributed by atoms with E-state index in [1.165, 1.54) is 17.5 Å². The largest absolute Gasteiger partial charge is 0.497 e. The first kappa shape index (κ1) is 11.1. The molecule has 0 atom stereocenters. The van der Waals surface area contributed by atoms with Crippen molar-refractivity contribution in [3.63, 3.8) is 0 Å². The second-order valence-corrected chi connectivity index (χ2v) is 4.29. The van der Waals surface area contributed by atoms with E-state index in [1.807, 2.05) is 0 Å². The third-order valence-electron chi connectivity index (χ3n) is 2.36. The van der Waals surface area contributed by atoms with Crippen LogP contribution in [0.25, 0.3) is 0 Å². The van der Waals surface area contributed by atoms with Gasteiger partial charge < -0.3 is 4.74 Å². The smallest absolute Gasteiger partial charge is 0.119 e. The topological polar surface area (TPSA) is 9.23 Å². The van der Waals surface area contributed by atoms with E-state index in [9.17, 15) is 0 Å². The minimum atomic E-state index is 0.765. The summed E-state index contributed by atoms with van der Waals surface area (Å²) in [6.45, 7) is 6.63. The minimum absolute atomic E-state index is 0.765. The highest BCUT2D eigenvalue weighted by molar-refractivity contribution is 5.33. The number of hydrogen-bond acceptors (Lipinski definition) is 1. The van der Waals surface area contributed by atoms with Gasteiger partial charge in [0.1, 0.15) is 5.75 Å². The van der Waals surface area contributed by atoms with Crippen LogP contribution in [-0.2, 0) is 6.42 Å². The molecule has 1 aromatic carbocycles. The molecule has 0 N–H and O–H groups in total. The van der Waals surface area contributed by atoms with Crippen LogP contribution in [0.15, 0.2) is 18.2 Å². The van der Waals surface area contributed by atoms with Crippen LogP contribution >= 0.6 is 0 Å². The third kappa shape index (κ3) is 3.41. The quantitative estimate of drug-likeness (QED) is 0.708. The first-order valence-electron chi connectivity index (χ1n) is 5.26. The summed E-state index contributed by atoms with van der Waals surface area (Å²) in [7, 11) is 1.72. The summed E-state index contributed by atoms with van der Waals surface area (Å²) < 4.78 is 5.24. The molecule has 0 aliphatic carbocycles. The van der Waals surface area contributed by atoms with Crippen LogP contribution in [0.5, 0.6) is 5.75 Å². The Morgan fingerprint density at radius 3 is 2.50 bits per heavy atom. The molecule has 0 amide bonds. The molecule has 0 unspecified atom stereocenters. The number of rotatable bonds is 4. The molecule has 0 spiro atoms. The van der Waals surface area contributed by atoms with Crippen molar-refractivity contribution < 1.29 is 4.74 Å². The highest BCUT2D eigenvalue weighted by atomic mass is 16.5. The Hall–Kier alpha value is -0.980. The van der Waals surface area contributed by atoms with Crippen molar-refractivity contribution in [2.75, 3.05) is 7.11 Å². The van der Waals surface area contributed by atoms with E-state index in [4.69, 9.17) is 4.74 Å². The van der Waals surface area contributed by atoms with Gasteiger partial charge in [0.15, 0.2) is 0 Å². The van der Waals surface area contributed by atoms with Gasteiger partial charge >= 0.3 is 0 Å². The van der Waals surface area contributed by atoms with E-state index in [0.29, 0.717) is 0 Å². The SMILES string of the molecule is COc1cc(C)cc(CCC(C)C)c1. The fraction of sp³-hybridized carbons (Fsp3) is 0.538. The van der Waals surface area contributed by atoms with Crippen molar-refractivity contribution in [1.82, 2.24) is 0 Å². The van der Waals surface area contributed by atoms with Gasteiger partial charge in [-0.1, -0.05) is 19.9 Å². The first-order chi connectivity index (χ1) is 6.61. The Kier molecular flexibility index (Phi) is 3.99. The fourth-order valence-electron chi connectivity index (χ4n) is 1.54. The lowest BCUT2D eigenvalue weighted by molar-refractivity contribution is 0.413. The molecular weight excluding hydrogens is 172 g/mol. The van der Waals surface area contributed by atoms with Crippen molar-refractivity contribution in [2.24, 2.45) is 5.92 Å². The van der Waals surface area contributed by atoms with E-state index in [0.717, 1.165) is 18.1 Å². The molecule has 0 aliphatic heterocycles. The monoisotopic (exact) mass is 192 g/mol. The highest BCUT2D eigenvalue weighted by Gasteiger charge is 2.00. The lowest BCUT2D eigenvalue weighted by Crippen LogP contribution is -1.94. The lowest BCUT2D eigenvalue weighted by atomic mass is 10.0. The molecular formula is C13H20O. The van der Waals surface area contributed by atoms with Gasteiger partial charge in [0, 0.05) is 0 Å². The van der Waals surface area contributed by atoms with Crippen LogP contribution in [-0.4, -0.2) is 7.11 Å². The summed E-state index contributed by atoms with van der Waals surface area (Å²) in [5, 5.41) is 0. The number of hydrogen-bond donors (Lipinski definition) is 0. The Morgan fingerprint density at radius 2 is 1.93 bits per heavy atom. The highest BCUT2D eigenvalue weighted by Crippen LogP contribution is 2.18. The van der Waals surface area contributed by atoms with Crippen molar-refractivity contribution in [3.05, 3.63) is 29.3 Å². The molecule has 0 radical (unpaired) electrons. The van der Waals surface area contributed by atoms with E-state index < -0.39 is 0 Å². The van der Waals surface area contributed by atoms with E-state index in [1.54, 1.807) is 7.11 Å². The van der Waals surface area contributed by atoms with Crippen LogP contribution < -0.4 is 4.74 Å². The Balaban J connectivity index is 2.71. The predicted molar refractivity (Wildman–Crippen MR) is 60.9 cm³/mol.